The predicted octanol–water partition coefficient (Wildman–Crippen LogP) is 3.09. The van der Waals surface area contributed by atoms with Crippen molar-refractivity contribution >= 4 is 15.9 Å². The van der Waals surface area contributed by atoms with Gasteiger partial charge in [0.15, 0.2) is 0 Å². The largest absolute Gasteiger partial charge is 0.497 e. The number of likely N-dealkylation sites (tertiary alicyclic amines) is 1. The van der Waals surface area contributed by atoms with E-state index in [0.717, 1.165) is 24.5 Å². The molecule has 154 valence electrons. The van der Waals surface area contributed by atoms with E-state index in [1.54, 1.807) is 36.3 Å². The van der Waals surface area contributed by atoms with Crippen molar-refractivity contribution in [3.05, 3.63) is 59.4 Å². The number of hydrogen-bond donors (Lipinski definition) is 0. The first-order valence-corrected chi connectivity index (χ1v) is 11.1. The van der Waals surface area contributed by atoms with Crippen molar-refractivity contribution in [2.45, 2.75) is 36.7 Å². The Morgan fingerprint density at radius 2 is 1.83 bits per heavy atom. The van der Waals surface area contributed by atoms with Crippen LogP contribution in [0.15, 0.2) is 47.4 Å². The highest BCUT2D eigenvalue weighted by Gasteiger charge is 2.44. The average molecular weight is 418 g/mol. The van der Waals surface area contributed by atoms with Gasteiger partial charge in [0, 0.05) is 26.1 Å². The molecule has 2 aromatic rings. The number of fused-ring (bicyclic) bond motifs is 1. The van der Waals surface area contributed by atoms with Crippen molar-refractivity contribution in [1.29, 1.82) is 0 Å². The van der Waals surface area contributed by atoms with Gasteiger partial charge in [-0.15, -0.1) is 0 Å². The van der Waals surface area contributed by atoms with Gasteiger partial charge in [0.2, 0.25) is 15.9 Å². The Balaban J connectivity index is 1.68. The molecule has 0 saturated carbocycles. The summed E-state index contributed by atoms with van der Waals surface area (Å²) in [5.74, 6) is 0.0626. The van der Waals surface area contributed by atoms with Crippen molar-refractivity contribution in [2.75, 3.05) is 20.2 Å². The molecular formula is C21H23FN2O4S. The highest BCUT2D eigenvalue weighted by molar-refractivity contribution is 7.89. The molecule has 1 fully saturated rings. The van der Waals surface area contributed by atoms with Crippen molar-refractivity contribution in [3.8, 4) is 5.75 Å². The van der Waals surface area contributed by atoms with Gasteiger partial charge >= 0.3 is 0 Å². The lowest BCUT2D eigenvalue weighted by atomic mass is 10.0. The number of carbonyl (C=O) groups is 1. The molecule has 0 aliphatic carbocycles. The van der Waals surface area contributed by atoms with Gasteiger partial charge < -0.3 is 9.64 Å². The van der Waals surface area contributed by atoms with E-state index < -0.39 is 21.9 Å². The number of nitrogens with zero attached hydrogens (tertiary/aromatic N) is 2. The van der Waals surface area contributed by atoms with Crippen molar-refractivity contribution in [1.82, 2.24) is 9.21 Å². The van der Waals surface area contributed by atoms with Crippen LogP contribution < -0.4 is 4.74 Å². The van der Waals surface area contributed by atoms with Gasteiger partial charge in [-0.25, -0.2) is 12.8 Å². The van der Waals surface area contributed by atoms with Crippen LogP contribution in [0.4, 0.5) is 4.39 Å². The van der Waals surface area contributed by atoms with Crippen LogP contribution in [-0.2, 0) is 21.4 Å². The van der Waals surface area contributed by atoms with E-state index in [0.29, 0.717) is 24.4 Å². The first kappa shape index (κ1) is 19.8. The van der Waals surface area contributed by atoms with Crippen LogP contribution in [0.1, 0.15) is 36.4 Å². The molecule has 2 aromatic carbocycles. The van der Waals surface area contributed by atoms with Gasteiger partial charge in [-0.05, 0) is 54.3 Å². The van der Waals surface area contributed by atoms with Crippen LogP contribution in [0.25, 0.3) is 0 Å². The summed E-state index contributed by atoms with van der Waals surface area (Å²) in [4.78, 5) is 14.6. The molecule has 1 amide bonds. The SMILES string of the molecule is COc1ccc(CN2C(CC(=O)N3CCCC3)c3cc(F)ccc3S2(=O)=O)cc1. The molecule has 2 aliphatic heterocycles. The lowest BCUT2D eigenvalue weighted by Gasteiger charge is -2.25. The maximum atomic E-state index is 13.9. The Labute approximate surface area is 169 Å². The van der Waals surface area contributed by atoms with Crippen LogP contribution >= 0.6 is 0 Å². The Morgan fingerprint density at radius 3 is 2.48 bits per heavy atom. The maximum absolute atomic E-state index is 13.9. The van der Waals surface area contributed by atoms with Crippen LogP contribution in [0.3, 0.4) is 0 Å². The Morgan fingerprint density at radius 1 is 1.14 bits per heavy atom. The Hall–Kier alpha value is -2.45. The molecule has 1 saturated heterocycles. The molecule has 0 aromatic heterocycles. The molecule has 29 heavy (non-hydrogen) atoms. The summed E-state index contributed by atoms with van der Waals surface area (Å²) in [5, 5.41) is 0. The summed E-state index contributed by atoms with van der Waals surface area (Å²) < 4.78 is 46.8. The predicted molar refractivity (Wildman–Crippen MR) is 105 cm³/mol. The normalized spacial score (nSPS) is 20.6. The van der Waals surface area contributed by atoms with Crippen molar-refractivity contribution in [2.24, 2.45) is 0 Å². The van der Waals surface area contributed by atoms with E-state index in [4.69, 9.17) is 4.74 Å². The molecule has 0 N–H and O–H groups in total. The minimum Gasteiger partial charge on any atom is -0.497 e. The molecule has 8 heteroatoms. The van der Waals surface area contributed by atoms with Gasteiger partial charge in [-0.3, -0.25) is 4.79 Å². The van der Waals surface area contributed by atoms with Gasteiger partial charge in [0.25, 0.3) is 0 Å². The molecular weight excluding hydrogens is 395 g/mol. The topological polar surface area (TPSA) is 66.9 Å². The summed E-state index contributed by atoms with van der Waals surface area (Å²) in [6.45, 7) is 1.47. The highest BCUT2D eigenvalue weighted by Crippen LogP contribution is 2.43. The number of rotatable bonds is 5. The summed E-state index contributed by atoms with van der Waals surface area (Å²) in [6, 6.07) is 10.1. The van der Waals surface area contributed by atoms with E-state index in [9.17, 15) is 17.6 Å². The third-order valence-corrected chi connectivity index (χ3v) is 7.52. The van der Waals surface area contributed by atoms with E-state index >= 15 is 0 Å². The fourth-order valence-electron chi connectivity index (χ4n) is 4.04. The minimum absolute atomic E-state index is 0.00579. The lowest BCUT2D eigenvalue weighted by Crippen LogP contribution is -2.34. The number of hydrogen-bond acceptors (Lipinski definition) is 4. The lowest BCUT2D eigenvalue weighted by molar-refractivity contribution is -0.131. The molecule has 2 heterocycles. The summed E-state index contributed by atoms with van der Waals surface area (Å²) >= 11 is 0. The Bertz CT molecular complexity index is 1020. The van der Waals surface area contributed by atoms with Gasteiger partial charge in [-0.1, -0.05) is 12.1 Å². The van der Waals surface area contributed by atoms with Crippen LogP contribution in [0, 0.1) is 5.82 Å². The standard InChI is InChI=1S/C21H23FN2O4S/c1-28-17-7-4-15(5-8-17)14-24-19(13-21(25)23-10-2-3-11-23)18-12-16(22)6-9-20(18)29(24,26)27/h4-9,12,19H,2-3,10-11,13-14H2,1H3. The van der Waals surface area contributed by atoms with Crippen molar-refractivity contribution in [3.63, 3.8) is 0 Å². The van der Waals surface area contributed by atoms with E-state index in [-0.39, 0.29) is 23.8 Å². The zero-order chi connectivity index (χ0) is 20.6. The third kappa shape index (κ3) is 3.74. The molecule has 2 aliphatic rings. The molecule has 0 bridgehead atoms. The zero-order valence-electron chi connectivity index (χ0n) is 16.2. The molecule has 1 unspecified atom stereocenters. The quantitative estimate of drug-likeness (QED) is 0.748. The molecule has 4 rings (SSSR count). The second-order valence-electron chi connectivity index (χ2n) is 7.39. The summed E-state index contributed by atoms with van der Waals surface area (Å²) in [5.41, 5.74) is 1.12. The first-order chi connectivity index (χ1) is 13.9. The molecule has 6 nitrogen and oxygen atoms in total. The third-order valence-electron chi connectivity index (χ3n) is 5.59. The fourth-order valence-corrected chi connectivity index (χ4v) is 5.87. The van der Waals surface area contributed by atoms with Gasteiger partial charge in [0.05, 0.1) is 18.0 Å². The van der Waals surface area contributed by atoms with Crippen molar-refractivity contribution < 1.29 is 22.3 Å². The minimum atomic E-state index is -3.83. The first-order valence-electron chi connectivity index (χ1n) is 9.62. The van der Waals surface area contributed by atoms with Gasteiger partial charge in [0.1, 0.15) is 11.6 Å². The number of sulfonamides is 1. The molecule has 1 atom stereocenters. The van der Waals surface area contributed by atoms with Crippen LogP contribution in [0.5, 0.6) is 5.75 Å². The molecule has 0 radical (unpaired) electrons. The number of benzene rings is 2. The number of carbonyl (C=O) groups excluding carboxylic acids is 1. The number of amides is 1. The van der Waals surface area contributed by atoms with E-state index in [2.05, 4.69) is 0 Å². The number of ether oxygens (including phenoxy) is 1. The van der Waals surface area contributed by atoms with Crippen LogP contribution in [0.2, 0.25) is 0 Å². The summed E-state index contributed by atoms with van der Waals surface area (Å²) in [6.07, 6.45) is 1.91. The number of halogens is 1. The summed E-state index contributed by atoms with van der Waals surface area (Å²) in [7, 11) is -2.27. The van der Waals surface area contributed by atoms with E-state index in [1.165, 1.54) is 16.4 Å². The van der Waals surface area contributed by atoms with Crippen LogP contribution in [-0.4, -0.2) is 43.7 Å². The second kappa shape index (κ2) is 7.76. The highest BCUT2D eigenvalue weighted by atomic mass is 32.2. The number of methoxy groups -OCH3 is 1. The second-order valence-corrected chi connectivity index (χ2v) is 9.25. The smallest absolute Gasteiger partial charge is 0.244 e. The monoisotopic (exact) mass is 418 g/mol. The Kier molecular flexibility index (Phi) is 5.31. The molecule has 0 spiro atoms. The van der Waals surface area contributed by atoms with Gasteiger partial charge in [-0.2, -0.15) is 4.31 Å². The zero-order valence-corrected chi connectivity index (χ0v) is 17.0. The maximum Gasteiger partial charge on any atom is 0.244 e. The van der Waals surface area contributed by atoms with E-state index in [1.807, 2.05) is 0 Å². The fraction of sp³-hybridized carbons (Fsp3) is 0.381. The average Bonchev–Trinajstić information content (AvgIpc) is 3.31.